The number of carbonyl (C=O) groups is 1. The van der Waals surface area contributed by atoms with Crippen molar-refractivity contribution in [2.24, 2.45) is 0 Å². The van der Waals surface area contributed by atoms with Gasteiger partial charge in [0.15, 0.2) is 5.16 Å². The largest absolute Gasteiger partial charge is 0.493 e. The molecule has 0 spiro atoms. The third-order valence-electron chi connectivity index (χ3n) is 3.49. The molecule has 0 bridgehead atoms. The number of aromatic nitrogens is 2. The summed E-state index contributed by atoms with van der Waals surface area (Å²) in [5, 5.41) is 12.9. The summed E-state index contributed by atoms with van der Waals surface area (Å²) in [5.74, 6) is -0.329. The normalized spacial score (nSPS) is 11.9. The van der Waals surface area contributed by atoms with E-state index in [4.69, 9.17) is 0 Å². The lowest BCUT2D eigenvalue weighted by Gasteiger charge is -2.14. The maximum Gasteiger partial charge on any atom is 0.258 e. The summed E-state index contributed by atoms with van der Waals surface area (Å²) < 4.78 is 0. The molecule has 128 valence electrons. The van der Waals surface area contributed by atoms with Gasteiger partial charge in [-0.3, -0.25) is 9.59 Å². The Hall–Kier alpha value is -2.28. The van der Waals surface area contributed by atoms with Gasteiger partial charge in [0.2, 0.25) is 11.8 Å². The first kappa shape index (κ1) is 18.1. The third kappa shape index (κ3) is 4.86. The number of benzene rings is 1. The summed E-state index contributed by atoms with van der Waals surface area (Å²) in [5.41, 5.74) is 0.942. The zero-order valence-corrected chi connectivity index (χ0v) is 14.5. The van der Waals surface area contributed by atoms with Gasteiger partial charge in [0, 0.05) is 0 Å². The Labute approximate surface area is 144 Å². The number of aromatic amines is 1. The molecule has 0 saturated heterocycles. The number of carbonyl (C=O) groups excluding carboxylic acids is 1. The zero-order valence-electron chi connectivity index (χ0n) is 13.7. The Balaban J connectivity index is 1.93. The SMILES string of the molecule is CCCc1c(O)nc(SCC(=O)N[C@@H](C)c2ccccc2)[nH]c1=O. The predicted octanol–water partition coefficient (Wildman–Crippen LogP) is 2.40. The number of aromatic hydroxyl groups is 1. The number of nitrogens with zero attached hydrogens (tertiary/aromatic N) is 1. The number of thioether (sulfide) groups is 1. The lowest BCUT2D eigenvalue weighted by molar-refractivity contribution is -0.119. The molecule has 1 atom stereocenters. The lowest BCUT2D eigenvalue weighted by Crippen LogP contribution is -2.28. The van der Waals surface area contributed by atoms with Gasteiger partial charge in [0.05, 0.1) is 17.4 Å². The standard InChI is InChI=1S/C17H21N3O3S/c1-3-7-13-15(22)19-17(20-16(13)23)24-10-14(21)18-11(2)12-8-5-4-6-9-12/h4-6,8-9,11H,3,7,10H2,1-2H3,(H,18,21)(H2,19,20,22,23)/t11-/m0/s1. The van der Waals surface area contributed by atoms with Crippen molar-refractivity contribution in [3.63, 3.8) is 0 Å². The maximum absolute atomic E-state index is 12.0. The molecule has 0 radical (unpaired) electrons. The molecule has 24 heavy (non-hydrogen) atoms. The Morgan fingerprint density at radius 3 is 2.71 bits per heavy atom. The number of nitrogens with one attached hydrogen (secondary N) is 2. The molecule has 1 amide bonds. The molecule has 1 aromatic carbocycles. The average Bonchev–Trinajstić information content (AvgIpc) is 2.57. The predicted molar refractivity (Wildman–Crippen MR) is 94.2 cm³/mol. The first-order valence-electron chi connectivity index (χ1n) is 7.80. The fourth-order valence-corrected chi connectivity index (χ4v) is 2.92. The van der Waals surface area contributed by atoms with Gasteiger partial charge >= 0.3 is 0 Å². The second-order valence-corrected chi connectivity index (χ2v) is 6.38. The average molecular weight is 347 g/mol. The summed E-state index contributed by atoms with van der Waals surface area (Å²) in [4.78, 5) is 30.5. The molecule has 7 heteroatoms. The molecule has 0 saturated carbocycles. The van der Waals surface area contributed by atoms with Crippen LogP contribution in [0.2, 0.25) is 0 Å². The third-order valence-corrected chi connectivity index (χ3v) is 4.36. The molecule has 2 aromatic rings. The van der Waals surface area contributed by atoms with Crippen molar-refractivity contribution in [3.8, 4) is 5.88 Å². The minimum Gasteiger partial charge on any atom is -0.493 e. The van der Waals surface area contributed by atoms with E-state index in [0.717, 1.165) is 23.7 Å². The Bertz CT molecular complexity index is 746. The summed E-state index contributed by atoms with van der Waals surface area (Å²) >= 11 is 1.08. The van der Waals surface area contributed by atoms with E-state index < -0.39 is 0 Å². The quantitative estimate of drug-likeness (QED) is 0.528. The first-order valence-corrected chi connectivity index (χ1v) is 8.79. The van der Waals surface area contributed by atoms with E-state index in [-0.39, 0.29) is 39.9 Å². The van der Waals surface area contributed by atoms with Crippen molar-refractivity contribution >= 4 is 17.7 Å². The van der Waals surface area contributed by atoms with Gasteiger partial charge in [0.1, 0.15) is 0 Å². The van der Waals surface area contributed by atoms with E-state index in [9.17, 15) is 14.7 Å². The van der Waals surface area contributed by atoms with Gasteiger partial charge in [-0.25, -0.2) is 0 Å². The van der Waals surface area contributed by atoms with E-state index in [1.54, 1.807) is 0 Å². The number of amides is 1. The lowest BCUT2D eigenvalue weighted by atomic mass is 10.1. The number of hydrogen-bond donors (Lipinski definition) is 3. The monoisotopic (exact) mass is 347 g/mol. The van der Waals surface area contributed by atoms with Crippen molar-refractivity contribution in [2.75, 3.05) is 5.75 Å². The molecule has 6 nitrogen and oxygen atoms in total. The highest BCUT2D eigenvalue weighted by Crippen LogP contribution is 2.18. The summed E-state index contributed by atoms with van der Waals surface area (Å²) in [6, 6.07) is 9.55. The van der Waals surface area contributed by atoms with Crippen molar-refractivity contribution in [2.45, 2.75) is 37.9 Å². The van der Waals surface area contributed by atoms with E-state index >= 15 is 0 Å². The topological polar surface area (TPSA) is 95.1 Å². The highest BCUT2D eigenvalue weighted by Gasteiger charge is 2.13. The van der Waals surface area contributed by atoms with Gasteiger partial charge in [-0.15, -0.1) is 0 Å². The molecular weight excluding hydrogens is 326 g/mol. The van der Waals surface area contributed by atoms with Gasteiger partial charge in [-0.2, -0.15) is 4.98 Å². The van der Waals surface area contributed by atoms with Crippen molar-refractivity contribution in [1.29, 1.82) is 0 Å². The second-order valence-electron chi connectivity index (χ2n) is 5.41. The Kier molecular flexibility index (Phi) is 6.43. The fraction of sp³-hybridized carbons (Fsp3) is 0.353. The highest BCUT2D eigenvalue weighted by atomic mass is 32.2. The van der Waals surface area contributed by atoms with E-state index in [1.165, 1.54) is 0 Å². The fourth-order valence-electron chi connectivity index (χ4n) is 2.25. The number of hydrogen-bond acceptors (Lipinski definition) is 5. The molecule has 0 aliphatic carbocycles. The molecule has 0 fully saturated rings. The van der Waals surface area contributed by atoms with E-state index in [1.807, 2.05) is 44.2 Å². The Morgan fingerprint density at radius 1 is 1.38 bits per heavy atom. The van der Waals surface area contributed by atoms with Crippen LogP contribution in [-0.2, 0) is 11.2 Å². The number of H-pyrrole nitrogens is 1. The molecule has 0 aliphatic heterocycles. The molecular formula is C17H21N3O3S. The van der Waals surface area contributed by atoms with Crippen LogP contribution in [0.4, 0.5) is 0 Å². The molecule has 1 aromatic heterocycles. The number of rotatable bonds is 7. The van der Waals surface area contributed by atoms with Crippen LogP contribution in [0.5, 0.6) is 5.88 Å². The van der Waals surface area contributed by atoms with Gasteiger partial charge in [-0.1, -0.05) is 55.4 Å². The van der Waals surface area contributed by atoms with Gasteiger partial charge in [-0.05, 0) is 18.9 Å². The summed E-state index contributed by atoms with van der Waals surface area (Å²) in [6.07, 6.45) is 1.21. The van der Waals surface area contributed by atoms with E-state index in [2.05, 4.69) is 15.3 Å². The van der Waals surface area contributed by atoms with Crippen LogP contribution in [0.15, 0.2) is 40.3 Å². The molecule has 0 aliphatic rings. The van der Waals surface area contributed by atoms with Gasteiger partial charge in [0.25, 0.3) is 5.56 Å². The van der Waals surface area contributed by atoms with Crippen LogP contribution >= 0.6 is 11.8 Å². The Morgan fingerprint density at radius 2 is 2.08 bits per heavy atom. The van der Waals surface area contributed by atoms with Crippen LogP contribution in [0.3, 0.4) is 0 Å². The first-order chi connectivity index (χ1) is 11.5. The van der Waals surface area contributed by atoms with E-state index in [0.29, 0.717) is 6.42 Å². The molecule has 3 N–H and O–H groups in total. The smallest absolute Gasteiger partial charge is 0.258 e. The summed E-state index contributed by atoms with van der Waals surface area (Å²) in [6.45, 7) is 3.82. The minimum absolute atomic E-state index is 0.104. The van der Waals surface area contributed by atoms with Crippen LogP contribution in [-0.4, -0.2) is 26.7 Å². The van der Waals surface area contributed by atoms with Crippen LogP contribution in [0, 0.1) is 0 Å². The minimum atomic E-state index is -0.357. The van der Waals surface area contributed by atoms with Crippen LogP contribution < -0.4 is 10.9 Å². The van der Waals surface area contributed by atoms with Crippen LogP contribution in [0.25, 0.3) is 0 Å². The molecule has 1 heterocycles. The van der Waals surface area contributed by atoms with Crippen molar-refractivity contribution in [1.82, 2.24) is 15.3 Å². The maximum atomic E-state index is 12.0. The van der Waals surface area contributed by atoms with Crippen molar-refractivity contribution < 1.29 is 9.90 Å². The summed E-state index contributed by atoms with van der Waals surface area (Å²) in [7, 11) is 0. The highest BCUT2D eigenvalue weighted by molar-refractivity contribution is 7.99. The van der Waals surface area contributed by atoms with Crippen LogP contribution in [0.1, 0.15) is 37.4 Å². The molecule has 0 unspecified atom stereocenters. The zero-order chi connectivity index (χ0) is 17.5. The van der Waals surface area contributed by atoms with Gasteiger partial charge < -0.3 is 15.4 Å². The molecule has 2 rings (SSSR count). The second kappa shape index (κ2) is 8.54. The van der Waals surface area contributed by atoms with Crippen molar-refractivity contribution in [3.05, 3.63) is 51.8 Å².